The van der Waals surface area contributed by atoms with Crippen LogP contribution in [0.2, 0.25) is 0 Å². The lowest BCUT2D eigenvalue weighted by Gasteiger charge is -2.15. The predicted octanol–water partition coefficient (Wildman–Crippen LogP) is 13.6. The molecule has 0 rings (SSSR count). The van der Waals surface area contributed by atoms with E-state index in [0.29, 0.717) is 6.42 Å². The molecule has 0 aliphatic rings. The van der Waals surface area contributed by atoms with Crippen LogP contribution in [0.1, 0.15) is 219 Å². The van der Waals surface area contributed by atoms with Crippen LogP contribution >= 0.6 is 0 Å². The van der Waals surface area contributed by atoms with Gasteiger partial charge in [-0.2, -0.15) is 0 Å². The van der Waals surface area contributed by atoms with Crippen molar-refractivity contribution in [2.24, 2.45) is 0 Å². The van der Waals surface area contributed by atoms with E-state index in [1.807, 2.05) is 0 Å². The molecule has 1 N–H and O–H groups in total. The van der Waals surface area contributed by atoms with Gasteiger partial charge in [-0.3, -0.25) is 9.59 Å². The SMILES string of the molecule is CCCCC/C=C\C(CCCCCCC(=O)O)OC(=O)CCCCCCCCCCCCC/C=C\CCCCCCCCCC. The third kappa shape index (κ3) is 36.8. The van der Waals surface area contributed by atoms with Gasteiger partial charge in [0.1, 0.15) is 6.10 Å². The van der Waals surface area contributed by atoms with Crippen molar-refractivity contribution in [3.8, 4) is 0 Å². The van der Waals surface area contributed by atoms with Crippen LogP contribution in [0, 0.1) is 0 Å². The van der Waals surface area contributed by atoms with Crippen molar-refractivity contribution in [2.75, 3.05) is 0 Å². The average Bonchev–Trinajstić information content (AvgIpc) is 3.02. The number of hydrogen-bond donors (Lipinski definition) is 1. The summed E-state index contributed by atoms with van der Waals surface area (Å²) in [5, 5.41) is 8.79. The molecule has 0 aliphatic carbocycles. The molecule has 1 unspecified atom stereocenters. The first-order valence-electron chi connectivity index (χ1n) is 19.8. The summed E-state index contributed by atoms with van der Waals surface area (Å²) >= 11 is 0. The summed E-state index contributed by atoms with van der Waals surface area (Å²) in [5.41, 5.74) is 0. The van der Waals surface area contributed by atoms with Gasteiger partial charge in [-0.1, -0.05) is 160 Å². The molecule has 45 heavy (non-hydrogen) atoms. The van der Waals surface area contributed by atoms with Gasteiger partial charge in [0.05, 0.1) is 0 Å². The van der Waals surface area contributed by atoms with Gasteiger partial charge in [0.2, 0.25) is 0 Å². The maximum atomic E-state index is 12.5. The number of allylic oxidation sites excluding steroid dienone is 3. The molecule has 0 fully saturated rings. The lowest BCUT2D eigenvalue weighted by Crippen LogP contribution is -2.16. The summed E-state index contributed by atoms with van der Waals surface area (Å²) in [5.74, 6) is -0.788. The lowest BCUT2D eigenvalue weighted by molar-refractivity contribution is -0.147. The maximum absolute atomic E-state index is 12.5. The van der Waals surface area contributed by atoms with Gasteiger partial charge in [0, 0.05) is 12.8 Å². The van der Waals surface area contributed by atoms with E-state index < -0.39 is 5.97 Å². The molecule has 4 heteroatoms. The van der Waals surface area contributed by atoms with Crippen LogP contribution in [0.5, 0.6) is 0 Å². The fourth-order valence-electron chi connectivity index (χ4n) is 5.91. The second-order valence-electron chi connectivity index (χ2n) is 13.5. The van der Waals surface area contributed by atoms with E-state index in [1.54, 1.807) is 0 Å². The van der Waals surface area contributed by atoms with Crippen molar-refractivity contribution in [1.29, 1.82) is 0 Å². The molecule has 0 heterocycles. The van der Waals surface area contributed by atoms with E-state index in [4.69, 9.17) is 9.84 Å². The zero-order chi connectivity index (χ0) is 32.9. The normalized spacial score (nSPS) is 12.4. The Morgan fingerprint density at radius 2 is 0.867 bits per heavy atom. The summed E-state index contributed by atoms with van der Waals surface area (Å²) < 4.78 is 5.83. The van der Waals surface area contributed by atoms with E-state index in [-0.39, 0.29) is 18.5 Å². The Balaban J connectivity index is 3.67. The van der Waals surface area contributed by atoms with E-state index in [1.165, 1.54) is 141 Å². The Morgan fingerprint density at radius 1 is 0.489 bits per heavy atom. The van der Waals surface area contributed by atoms with E-state index >= 15 is 0 Å². The van der Waals surface area contributed by atoms with Crippen LogP contribution in [-0.2, 0) is 14.3 Å². The van der Waals surface area contributed by atoms with Gasteiger partial charge >= 0.3 is 11.9 Å². The van der Waals surface area contributed by atoms with Crippen molar-refractivity contribution in [2.45, 2.75) is 225 Å². The zero-order valence-corrected chi connectivity index (χ0v) is 30.2. The molecule has 0 aromatic rings. The second-order valence-corrected chi connectivity index (χ2v) is 13.5. The standard InChI is InChI=1S/C41H76O4/c1-3-5-7-9-10-11-12-13-14-15-16-17-18-19-20-21-22-23-24-25-26-28-34-38-41(44)45-39(35-31-27-8-6-4-2)36-32-29-30-33-37-40(42)43/h15-16,31,35,39H,3-14,17-30,32-34,36-38H2,1-2H3,(H,42,43)/b16-15-,35-31-. The number of esters is 1. The Hall–Kier alpha value is -1.58. The maximum Gasteiger partial charge on any atom is 0.306 e. The van der Waals surface area contributed by atoms with Gasteiger partial charge in [-0.05, 0) is 70.3 Å². The molecule has 0 aromatic heterocycles. The van der Waals surface area contributed by atoms with Crippen LogP contribution in [0.4, 0.5) is 0 Å². The van der Waals surface area contributed by atoms with E-state index in [9.17, 15) is 9.59 Å². The molecule has 0 spiro atoms. The van der Waals surface area contributed by atoms with Gasteiger partial charge in [-0.25, -0.2) is 0 Å². The minimum absolute atomic E-state index is 0.0666. The molecular weight excluding hydrogens is 556 g/mol. The Labute approximate surface area is 280 Å². The zero-order valence-electron chi connectivity index (χ0n) is 30.2. The highest BCUT2D eigenvalue weighted by atomic mass is 16.5. The first-order chi connectivity index (χ1) is 22.1. The molecule has 0 aromatic carbocycles. The number of unbranched alkanes of at least 4 members (excludes halogenated alkanes) is 25. The molecule has 0 radical (unpaired) electrons. The van der Waals surface area contributed by atoms with Crippen molar-refractivity contribution < 1.29 is 19.4 Å². The van der Waals surface area contributed by atoms with Crippen molar-refractivity contribution in [3.63, 3.8) is 0 Å². The van der Waals surface area contributed by atoms with Crippen molar-refractivity contribution in [1.82, 2.24) is 0 Å². The van der Waals surface area contributed by atoms with Gasteiger partial charge < -0.3 is 9.84 Å². The summed E-state index contributed by atoms with van der Waals surface area (Å²) in [6.07, 6.45) is 46.7. The van der Waals surface area contributed by atoms with Crippen molar-refractivity contribution >= 4 is 11.9 Å². The molecule has 0 aliphatic heterocycles. The predicted molar refractivity (Wildman–Crippen MR) is 195 cm³/mol. The minimum Gasteiger partial charge on any atom is -0.481 e. The summed E-state index contributed by atoms with van der Waals surface area (Å²) in [6, 6.07) is 0. The van der Waals surface area contributed by atoms with E-state index in [0.717, 1.165) is 51.4 Å². The summed E-state index contributed by atoms with van der Waals surface area (Å²) in [7, 11) is 0. The molecule has 4 nitrogen and oxygen atoms in total. The fraction of sp³-hybridized carbons (Fsp3) is 0.854. The third-order valence-corrected chi connectivity index (χ3v) is 8.88. The number of carbonyl (C=O) groups excluding carboxylic acids is 1. The Bertz CT molecular complexity index is 683. The van der Waals surface area contributed by atoms with E-state index in [2.05, 4.69) is 38.2 Å². The molecule has 0 saturated carbocycles. The topological polar surface area (TPSA) is 63.6 Å². The molecular formula is C41H76O4. The second kappa shape index (κ2) is 36.9. The number of hydrogen-bond acceptors (Lipinski definition) is 3. The quantitative estimate of drug-likeness (QED) is 0.0424. The van der Waals surface area contributed by atoms with Gasteiger partial charge in [-0.15, -0.1) is 0 Å². The number of carbonyl (C=O) groups is 2. The van der Waals surface area contributed by atoms with Crippen LogP contribution in [-0.4, -0.2) is 23.1 Å². The number of carboxylic acids is 1. The average molecular weight is 633 g/mol. The molecule has 1 atom stereocenters. The fourth-order valence-corrected chi connectivity index (χ4v) is 5.91. The largest absolute Gasteiger partial charge is 0.481 e. The highest BCUT2D eigenvalue weighted by Crippen LogP contribution is 2.16. The first-order valence-corrected chi connectivity index (χ1v) is 19.8. The van der Waals surface area contributed by atoms with Gasteiger partial charge in [0.25, 0.3) is 0 Å². The molecule has 0 saturated heterocycles. The number of ether oxygens (including phenoxy) is 1. The van der Waals surface area contributed by atoms with Crippen LogP contribution in [0.3, 0.4) is 0 Å². The third-order valence-electron chi connectivity index (χ3n) is 8.88. The highest BCUT2D eigenvalue weighted by molar-refractivity contribution is 5.69. The summed E-state index contributed by atoms with van der Waals surface area (Å²) in [4.78, 5) is 23.2. The number of aliphatic carboxylic acids is 1. The first kappa shape index (κ1) is 43.4. The van der Waals surface area contributed by atoms with Crippen molar-refractivity contribution in [3.05, 3.63) is 24.3 Å². The van der Waals surface area contributed by atoms with Crippen LogP contribution in [0.25, 0.3) is 0 Å². The molecule has 0 amide bonds. The number of carboxylic acid groups (broad SMARTS) is 1. The minimum atomic E-state index is -0.722. The Morgan fingerprint density at radius 3 is 1.38 bits per heavy atom. The molecule has 264 valence electrons. The molecule has 0 bridgehead atoms. The Kier molecular flexibility index (Phi) is 35.6. The lowest BCUT2D eigenvalue weighted by atomic mass is 10.0. The van der Waals surface area contributed by atoms with Gasteiger partial charge in [0.15, 0.2) is 0 Å². The van der Waals surface area contributed by atoms with Crippen LogP contribution < -0.4 is 0 Å². The number of rotatable bonds is 36. The summed E-state index contributed by atoms with van der Waals surface area (Å²) in [6.45, 7) is 4.49. The highest BCUT2D eigenvalue weighted by Gasteiger charge is 2.11. The smallest absolute Gasteiger partial charge is 0.306 e. The van der Waals surface area contributed by atoms with Crippen LogP contribution in [0.15, 0.2) is 24.3 Å². The monoisotopic (exact) mass is 633 g/mol.